The van der Waals surface area contributed by atoms with Crippen LogP contribution in [-0.4, -0.2) is 36.2 Å². The van der Waals surface area contributed by atoms with Crippen molar-refractivity contribution in [2.45, 2.75) is 126 Å². The van der Waals surface area contributed by atoms with Crippen molar-refractivity contribution in [2.75, 3.05) is 6.61 Å². The van der Waals surface area contributed by atoms with Crippen LogP contribution >= 0.6 is 0 Å². The highest BCUT2D eigenvalue weighted by Gasteiger charge is 2.74. The Labute approximate surface area is 242 Å². The maximum Gasteiger partial charge on any atom is 0.302 e. The number of ketones is 2. The van der Waals surface area contributed by atoms with Gasteiger partial charge in [0.1, 0.15) is 17.7 Å². The molecule has 9 atom stereocenters. The molecule has 0 aromatic rings. The van der Waals surface area contributed by atoms with Crippen molar-refractivity contribution in [1.82, 2.24) is 0 Å². The van der Waals surface area contributed by atoms with Crippen molar-refractivity contribution in [3.63, 3.8) is 0 Å². The molecule has 4 aliphatic rings. The minimum Gasteiger partial charge on any atom is -0.465 e. The summed E-state index contributed by atoms with van der Waals surface area (Å²) in [5.41, 5.74) is -1.67. The van der Waals surface area contributed by atoms with Crippen molar-refractivity contribution in [2.24, 2.45) is 57.2 Å². The monoisotopic (exact) mass is 558 g/mol. The molecule has 40 heavy (non-hydrogen) atoms. The van der Waals surface area contributed by atoms with E-state index < -0.39 is 16.2 Å². The fourth-order valence-corrected chi connectivity index (χ4v) is 10.6. The lowest BCUT2D eigenvalue weighted by atomic mass is 9.37. The topological polar surface area (TPSA) is 86.7 Å². The smallest absolute Gasteiger partial charge is 0.302 e. The van der Waals surface area contributed by atoms with Crippen LogP contribution in [-0.2, 0) is 28.7 Å². The molecule has 4 fully saturated rings. The Kier molecular flexibility index (Phi) is 8.46. The summed E-state index contributed by atoms with van der Waals surface area (Å²) in [6, 6.07) is 0. The van der Waals surface area contributed by atoms with Gasteiger partial charge in [0.05, 0.1) is 6.61 Å². The minimum atomic E-state index is -0.516. The largest absolute Gasteiger partial charge is 0.465 e. The van der Waals surface area contributed by atoms with E-state index in [1.165, 1.54) is 20.3 Å². The fraction of sp³-hybridized carbons (Fsp3) is 0.882. The van der Waals surface area contributed by atoms with Gasteiger partial charge in [0, 0.05) is 49.4 Å². The normalized spacial score (nSPS) is 41.1. The summed E-state index contributed by atoms with van der Waals surface area (Å²) in [5.74, 6) is 0.285. The van der Waals surface area contributed by atoms with Gasteiger partial charge >= 0.3 is 11.9 Å². The van der Waals surface area contributed by atoms with Crippen LogP contribution in [0.15, 0.2) is 0 Å². The van der Waals surface area contributed by atoms with Crippen LogP contribution in [0.5, 0.6) is 0 Å². The van der Waals surface area contributed by atoms with Crippen LogP contribution in [0.1, 0.15) is 120 Å². The number of esters is 2. The van der Waals surface area contributed by atoms with E-state index in [2.05, 4.69) is 48.5 Å². The van der Waals surface area contributed by atoms with Gasteiger partial charge in [-0.2, -0.15) is 0 Å². The predicted octanol–water partition coefficient (Wildman–Crippen LogP) is 6.97. The molecule has 0 aromatic carbocycles. The van der Waals surface area contributed by atoms with Gasteiger partial charge in [0.15, 0.2) is 0 Å². The molecule has 0 amide bonds. The van der Waals surface area contributed by atoms with Gasteiger partial charge in [0.2, 0.25) is 0 Å². The molecule has 4 aliphatic carbocycles. The first-order valence-electron chi connectivity index (χ1n) is 15.9. The highest BCUT2D eigenvalue weighted by atomic mass is 16.5. The Bertz CT molecular complexity index is 1030. The third kappa shape index (κ3) is 4.87. The van der Waals surface area contributed by atoms with Gasteiger partial charge in [0.25, 0.3) is 0 Å². The SMILES string of the molecule is CC(=O)OCC12CC(=O)C3C(C(=O)CC4C(C)(C)C(OC(C)=O)CCC34C)C1(C)CCC2C(C)CCCC(C)C. The third-order valence-corrected chi connectivity index (χ3v) is 12.6. The first kappa shape index (κ1) is 31.2. The van der Waals surface area contributed by atoms with Crippen LogP contribution in [0.3, 0.4) is 0 Å². The summed E-state index contributed by atoms with van der Waals surface area (Å²) in [6.45, 7) is 18.6. The van der Waals surface area contributed by atoms with Crippen molar-refractivity contribution in [3.05, 3.63) is 0 Å². The summed E-state index contributed by atoms with van der Waals surface area (Å²) in [7, 11) is 0. The number of hydrogen-bond donors (Lipinski definition) is 0. The second kappa shape index (κ2) is 10.8. The van der Waals surface area contributed by atoms with E-state index in [9.17, 15) is 19.2 Å². The van der Waals surface area contributed by atoms with Gasteiger partial charge in [-0.1, -0.05) is 67.7 Å². The molecule has 4 saturated carbocycles. The summed E-state index contributed by atoms with van der Waals surface area (Å²) in [5, 5.41) is 0. The van der Waals surface area contributed by atoms with Crippen LogP contribution in [0.2, 0.25) is 0 Å². The molecule has 0 heterocycles. The van der Waals surface area contributed by atoms with Crippen molar-refractivity contribution >= 4 is 23.5 Å². The number of ether oxygens (including phenoxy) is 2. The Morgan fingerprint density at radius 2 is 1.57 bits per heavy atom. The Morgan fingerprint density at radius 3 is 2.17 bits per heavy atom. The van der Waals surface area contributed by atoms with Crippen molar-refractivity contribution in [1.29, 1.82) is 0 Å². The van der Waals surface area contributed by atoms with E-state index in [1.807, 2.05) is 0 Å². The molecule has 0 spiro atoms. The van der Waals surface area contributed by atoms with Crippen molar-refractivity contribution in [3.8, 4) is 0 Å². The molecule has 226 valence electrons. The van der Waals surface area contributed by atoms with E-state index in [0.29, 0.717) is 31.1 Å². The maximum atomic E-state index is 14.5. The summed E-state index contributed by atoms with van der Waals surface area (Å²) in [6.07, 6.45) is 7.25. The molecule has 9 unspecified atom stereocenters. The maximum absolute atomic E-state index is 14.5. The van der Waals surface area contributed by atoms with Gasteiger partial charge in [-0.3, -0.25) is 19.2 Å². The zero-order valence-electron chi connectivity index (χ0n) is 26.6. The predicted molar refractivity (Wildman–Crippen MR) is 154 cm³/mol. The van der Waals surface area contributed by atoms with Crippen molar-refractivity contribution < 1.29 is 28.7 Å². The summed E-state index contributed by atoms with van der Waals surface area (Å²) < 4.78 is 11.6. The first-order valence-corrected chi connectivity index (χ1v) is 15.9. The summed E-state index contributed by atoms with van der Waals surface area (Å²) >= 11 is 0. The second-order valence-corrected chi connectivity index (χ2v) is 15.6. The van der Waals surface area contributed by atoms with E-state index >= 15 is 0 Å². The van der Waals surface area contributed by atoms with Gasteiger partial charge < -0.3 is 9.47 Å². The molecule has 0 N–H and O–H groups in total. The second-order valence-electron chi connectivity index (χ2n) is 15.6. The van der Waals surface area contributed by atoms with Gasteiger partial charge in [-0.25, -0.2) is 0 Å². The number of carbonyl (C=O) groups excluding carboxylic acids is 4. The molecule has 0 aliphatic heterocycles. The average molecular weight is 559 g/mol. The molecule has 0 saturated heterocycles. The number of rotatable bonds is 8. The first-order chi connectivity index (χ1) is 18.5. The number of hydrogen-bond acceptors (Lipinski definition) is 6. The highest BCUT2D eigenvalue weighted by Crippen LogP contribution is 2.73. The van der Waals surface area contributed by atoms with Crippen LogP contribution in [0.4, 0.5) is 0 Å². The highest BCUT2D eigenvalue weighted by molar-refractivity contribution is 5.95. The molecular formula is C34H54O6. The zero-order valence-corrected chi connectivity index (χ0v) is 26.6. The van der Waals surface area contributed by atoms with E-state index in [-0.39, 0.29) is 65.3 Å². The molecule has 6 heteroatoms. The standard InChI is InChI=1S/C34H54O6/c1-20(2)11-10-12-21(3)24-13-16-33(9)30-25(37)17-27-31(6,7)28(40-23(5)36)14-15-32(27,8)29(30)26(38)18-34(24,33)19-39-22(4)35/h20-21,24,27-30H,10-19H2,1-9H3. The van der Waals surface area contributed by atoms with E-state index in [4.69, 9.17) is 9.47 Å². The van der Waals surface area contributed by atoms with Gasteiger partial charge in [-0.15, -0.1) is 0 Å². The lowest BCUT2D eigenvalue weighted by Crippen LogP contribution is -2.68. The average Bonchev–Trinajstić information content (AvgIpc) is 3.13. The summed E-state index contributed by atoms with van der Waals surface area (Å²) in [4.78, 5) is 52.9. The molecule has 0 aromatic heterocycles. The quantitative estimate of drug-likeness (QED) is 0.299. The number of Topliss-reactive ketones (excluding diaryl/α,β-unsaturated/α-hetero) is 2. The Balaban J connectivity index is 1.73. The van der Waals surface area contributed by atoms with Gasteiger partial charge in [-0.05, 0) is 60.2 Å². The fourth-order valence-electron chi connectivity index (χ4n) is 10.6. The number of carbonyl (C=O) groups is 4. The minimum absolute atomic E-state index is 0.0347. The zero-order chi connectivity index (χ0) is 29.8. The van der Waals surface area contributed by atoms with Crippen LogP contribution in [0.25, 0.3) is 0 Å². The van der Waals surface area contributed by atoms with E-state index in [1.54, 1.807) is 0 Å². The molecule has 6 nitrogen and oxygen atoms in total. The van der Waals surface area contributed by atoms with Crippen LogP contribution < -0.4 is 0 Å². The Hall–Kier alpha value is -1.72. The van der Waals surface area contributed by atoms with E-state index in [0.717, 1.165) is 32.1 Å². The molecule has 0 bridgehead atoms. The van der Waals surface area contributed by atoms with Crippen LogP contribution in [0, 0.1) is 57.2 Å². The lowest BCUT2D eigenvalue weighted by Gasteiger charge is -2.66. The number of fused-ring (bicyclic) bond motifs is 5. The molecule has 0 radical (unpaired) electrons. The molecular weight excluding hydrogens is 504 g/mol. The Morgan fingerprint density at radius 1 is 0.900 bits per heavy atom. The molecule has 4 rings (SSSR count). The lowest BCUT2D eigenvalue weighted by molar-refractivity contribution is -0.212. The third-order valence-electron chi connectivity index (χ3n) is 12.6.